The molecule has 0 aromatic carbocycles. The molecule has 0 aliphatic carbocycles. The van der Waals surface area contributed by atoms with Crippen molar-refractivity contribution in [1.82, 2.24) is 0 Å². The van der Waals surface area contributed by atoms with Gasteiger partial charge in [0.1, 0.15) is 0 Å². The predicted octanol–water partition coefficient (Wildman–Crippen LogP) is 0.883. The van der Waals surface area contributed by atoms with Gasteiger partial charge in [0.15, 0.2) is 0 Å². The van der Waals surface area contributed by atoms with Crippen molar-refractivity contribution in [2.45, 2.75) is 26.8 Å². The van der Waals surface area contributed by atoms with Crippen LogP contribution in [0, 0.1) is 16.7 Å². The normalized spacial score (nSPS) is 14.9. The zero-order valence-electron chi connectivity index (χ0n) is 5.60. The molecular weight excluding hydrogens is 100 g/mol. The van der Waals surface area contributed by atoms with Crippen molar-refractivity contribution in [2.24, 2.45) is 11.1 Å². The van der Waals surface area contributed by atoms with Crippen LogP contribution in [0.15, 0.2) is 0 Å². The van der Waals surface area contributed by atoms with Gasteiger partial charge in [-0.1, -0.05) is 20.8 Å². The molecule has 0 heterocycles. The van der Waals surface area contributed by atoms with Crippen molar-refractivity contribution in [1.29, 1.82) is 5.26 Å². The van der Waals surface area contributed by atoms with Crippen LogP contribution < -0.4 is 5.73 Å². The lowest BCUT2D eigenvalue weighted by Gasteiger charge is -2.19. The summed E-state index contributed by atoms with van der Waals surface area (Å²) in [5.41, 5.74) is 5.31. The van der Waals surface area contributed by atoms with Crippen molar-refractivity contribution in [3.05, 3.63) is 0 Å². The zero-order chi connectivity index (χ0) is 6.78. The highest BCUT2D eigenvalue weighted by Gasteiger charge is 2.18. The van der Waals surface area contributed by atoms with E-state index in [1.165, 1.54) is 0 Å². The number of hydrogen-bond donors (Lipinski definition) is 1. The van der Waals surface area contributed by atoms with Crippen LogP contribution in [0.5, 0.6) is 0 Å². The van der Waals surface area contributed by atoms with E-state index in [-0.39, 0.29) is 11.5 Å². The minimum atomic E-state index is -0.345. The first kappa shape index (κ1) is 7.45. The summed E-state index contributed by atoms with van der Waals surface area (Å²) in [7, 11) is 0. The second kappa shape index (κ2) is 2.15. The molecule has 0 aliphatic heterocycles. The van der Waals surface area contributed by atoms with E-state index in [2.05, 4.69) is 0 Å². The summed E-state index contributed by atoms with van der Waals surface area (Å²) in [6.07, 6.45) is 0. The Morgan fingerprint density at radius 2 is 1.88 bits per heavy atom. The maximum atomic E-state index is 8.30. The lowest BCUT2D eigenvalue weighted by atomic mass is 9.89. The molecule has 0 aromatic heterocycles. The van der Waals surface area contributed by atoms with Crippen LogP contribution in [-0.4, -0.2) is 6.04 Å². The second-order valence-corrected chi connectivity index (χ2v) is 2.97. The summed E-state index contributed by atoms with van der Waals surface area (Å²) >= 11 is 0. The Morgan fingerprint density at radius 3 is 1.88 bits per heavy atom. The molecule has 1 atom stereocenters. The summed E-state index contributed by atoms with van der Waals surface area (Å²) in [6.45, 7) is 5.84. The van der Waals surface area contributed by atoms with Crippen LogP contribution >= 0.6 is 0 Å². The fraction of sp³-hybridized carbons (Fsp3) is 0.833. The minimum absolute atomic E-state index is 0.0747. The molecule has 46 valence electrons. The van der Waals surface area contributed by atoms with Gasteiger partial charge < -0.3 is 5.73 Å². The van der Waals surface area contributed by atoms with E-state index in [0.29, 0.717) is 0 Å². The molecule has 0 aromatic rings. The Kier molecular flexibility index (Phi) is 2.00. The van der Waals surface area contributed by atoms with Gasteiger partial charge in [-0.25, -0.2) is 0 Å². The van der Waals surface area contributed by atoms with Gasteiger partial charge in [0, 0.05) is 0 Å². The topological polar surface area (TPSA) is 49.8 Å². The monoisotopic (exact) mass is 112 g/mol. The summed E-state index contributed by atoms with van der Waals surface area (Å²) in [6, 6.07) is 1.64. The Bertz CT molecular complexity index is 105. The van der Waals surface area contributed by atoms with Gasteiger partial charge in [0.05, 0.1) is 12.1 Å². The van der Waals surface area contributed by atoms with E-state index >= 15 is 0 Å². The van der Waals surface area contributed by atoms with Crippen LogP contribution in [0.1, 0.15) is 20.8 Å². The van der Waals surface area contributed by atoms with Gasteiger partial charge in [0.2, 0.25) is 0 Å². The fourth-order valence-corrected chi connectivity index (χ4v) is 0.194. The molecule has 0 unspecified atom stereocenters. The Balaban J connectivity index is 3.87. The largest absolute Gasteiger partial charge is 0.315 e. The number of nitrogens with two attached hydrogens (primary N) is 1. The summed E-state index contributed by atoms with van der Waals surface area (Å²) in [4.78, 5) is 0. The predicted molar refractivity (Wildman–Crippen MR) is 33.0 cm³/mol. The van der Waals surface area contributed by atoms with Crippen LogP contribution in [0.3, 0.4) is 0 Å². The standard InChI is InChI=1S/C6H12N2/c1-6(2,3)5(8)4-7/h5H,8H2,1-3H3/t5-/m1/s1. The third kappa shape index (κ3) is 1.94. The zero-order valence-corrected chi connectivity index (χ0v) is 5.60. The highest BCUT2D eigenvalue weighted by Crippen LogP contribution is 2.15. The van der Waals surface area contributed by atoms with E-state index in [0.717, 1.165) is 0 Å². The number of nitriles is 1. The molecule has 0 fully saturated rings. The Labute approximate surface area is 50.3 Å². The Morgan fingerprint density at radius 1 is 1.50 bits per heavy atom. The van der Waals surface area contributed by atoms with Gasteiger partial charge in [0.25, 0.3) is 0 Å². The SMILES string of the molecule is CC(C)(C)[C@H](N)C#N. The molecule has 0 rings (SSSR count). The van der Waals surface area contributed by atoms with Gasteiger partial charge in [-0.3, -0.25) is 0 Å². The number of hydrogen-bond acceptors (Lipinski definition) is 2. The van der Waals surface area contributed by atoms with Crippen LogP contribution in [0.4, 0.5) is 0 Å². The smallest absolute Gasteiger partial charge is 0.0976 e. The maximum absolute atomic E-state index is 8.30. The van der Waals surface area contributed by atoms with Crippen molar-refractivity contribution in [3.63, 3.8) is 0 Å². The molecule has 2 nitrogen and oxygen atoms in total. The number of nitrogens with zero attached hydrogens (tertiary/aromatic N) is 1. The first-order chi connectivity index (χ1) is 3.48. The molecule has 0 bridgehead atoms. The average Bonchev–Trinajstić information content (AvgIpc) is 1.62. The van der Waals surface area contributed by atoms with Crippen molar-refractivity contribution < 1.29 is 0 Å². The third-order valence-electron chi connectivity index (χ3n) is 1.07. The Hall–Kier alpha value is -0.550. The molecule has 2 N–H and O–H groups in total. The van der Waals surface area contributed by atoms with Crippen LogP contribution in [0.2, 0.25) is 0 Å². The molecule has 0 saturated heterocycles. The van der Waals surface area contributed by atoms with E-state index in [1.807, 2.05) is 26.8 Å². The lowest BCUT2D eigenvalue weighted by Crippen LogP contribution is -2.33. The lowest BCUT2D eigenvalue weighted by molar-refractivity contribution is 0.372. The second-order valence-electron chi connectivity index (χ2n) is 2.97. The first-order valence-corrected chi connectivity index (χ1v) is 2.63. The number of rotatable bonds is 0. The molecular formula is C6H12N2. The fourth-order valence-electron chi connectivity index (χ4n) is 0.194. The molecule has 0 amide bonds. The van der Waals surface area contributed by atoms with Gasteiger partial charge >= 0.3 is 0 Å². The highest BCUT2D eigenvalue weighted by atomic mass is 14.7. The van der Waals surface area contributed by atoms with Gasteiger partial charge in [-0.05, 0) is 5.41 Å². The minimum Gasteiger partial charge on any atom is -0.315 e. The molecule has 0 saturated carbocycles. The van der Waals surface area contributed by atoms with E-state index in [9.17, 15) is 0 Å². The molecule has 0 radical (unpaired) electrons. The van der Waals surface area contributed by atoms with Crippen LogP contribution in [0.25, 0.3) is 0 Å². The maximum Gasteiger partial charge on any atom is 0.0976 e. The third-order valence-corrected chi connectivity index (χ3v) is 1.07. The van der Waals surface area contributed by atoms with Gasteiger partial charge in [-0.15, -0.1) is 0 Å². The quantitative estimate of drug-likeness (QED) is 0.505. The van der Waals surface area contributed by atoms with Crippen molar-refractivity contribution >= 4 is 0 Å². The van der Waals surface area contributed by atoms with Crippen molar-refractivity contribution in [3.8, 4) is 6.07 Å². The van der Waals surface area contributed by atoms with E-state index in [1.54, 1.807) is 0 Å². The summed E-state index contributed by atoms with van der Waals surface area (Å²) < 4.78 is 0. The average molecular weight is 112 g/mol. The highest BCUT2D eigenvalue weighted by molar-refractivity contribution is 4.94. The summed E-state index contributed by atoms with van der Waals surface area (Å²) in [5, 5.41) is 8.30. The molecule has 0 aliphatic rings. The van der Waals surface area contributed by atoms with Crippen LogP contribution in [-0.2, 0) is 0 Å². The van der Waals surface area contributed by atoms with Crippen molar-refractivity contribution in [2.75, 3.05) is 0 Å². The first-order valence-electron chi connectivity index (χ1n) is 2.63. The van der Waals surface area contributed by atoms with E-state index < -0.39 is 0 Å². The summed E-state index contributed by atoms with van der Waals surface area (Å²) in [5.74, 6) is 0. The van der Waals surface area contributed by atoms with E-state index in [4.69, 9.17) is 11.0 Å². The molecule has 2 heteroatoms. The molecule has 8 heavy (non-hydrogen) atoms. The molecule has 0 spiro atoms. The van der Waals surface area contributed by atoms with Gasteiger partial charge in [-0.2, -0.15) is 5.26 Å².